The summed E-state index contributed by atoms with van der Waals surface area (Å²) in [5.41, 5.74) is 1.32. The Kier molecular flexibility index (Phi) is 2.63. The molecular formula is C14H14O2S. The Morgan fingerprint density at radius 3 is 3.12 bits per heavy atom. The Morgan fingerprint density at radius 2 is 2.29 bits per heavy atom. The van der Waals surface area contributed by atoms with Gasteiger partial charge in [0.25, 0.3) is 0 Å². The van der Waals surface area contributed by atoms with Crippen molar-refractivity contribution in [2.45, 2.75) is 19.3 Å². The summed E-state index contributed by atoms with van der Waals surface area (Å²) in [6.07, 6.45) is 0.944. The van der Waals surface area contributed by atoms with Crippen molar-refractivity contribution in [3.05, 3.63) is 35.2 Å². The minimum atomic E-state index is -0.0345. The van der Waals surface area contributed by atoms with E-state index in [1.807, 2.05) is 6.92 Å². The molecule has 1 aliphatic carbocycles. The zero-order valence-electron chi connectivity index (χ0n) is 9.68. The lowest BCUT2D eigenvalue weighted by Crippen LogP contribution is -2.07. The predicted molar refractivity (Wildman–Crippen MR) is 69.3 cm³/mol. The van der Waals surface area contributed by atoms with Gasteiger partial charge in [0.1, 0.15) is 0 Å². The zero-order chi connectivity index (χ0) is 11.8. The quantitative estimate of drug-likeness (QED) is 0.774. The van der Waals surface area contributed by atoms with Crippen LogP contribution in [-0.2, 0) is 9.53 Å². The van der Waals surface area contributed by atoms with E-state index in [0.717, 1.165) is 6.42 Å². The minimum Gasteiger partial charge on any atom is -0.466 e. The van der Waals surface area contributed by atoms with E-state index in [-0.39, 0.29) is 11.9 Å². The second-order valence-corrected chi connectivity index (χ2v) is 5.30. The summed E-state index contributed by atoms with van der Waals surface area (Å²) in [5.74, 6) is 0.436. The van der Waals surface area contributed by atoms with Crippen LogP contribution in [0.5, 0.6) is 0 Å². The summed E-state index contributed by atoms with van der Waals surface area (Å²) in [5, 5.41) is 3.49. The van der Waals surface area contributed by atoms with E-state index >= 15 is 0 Å². The fourth-order valence-corrected chi connectivity index (χ4v) is 3.36. The molecule has 88 valence electrons. The van der Waals surface area contributed by atoms with Crippen LogP contribution in [0.25, 0.3) is 10.1 Å². The van der Waals surface area contributed by atoms with Gasteiger partial charge in [-0.05, 0) is 41.7 Å². The van der Waals surface area contributed by atoms with Gasteiger partial charge in [0.2, 0.25) is 0 Å². The Bertz CT molecular complexity index is 558. The highest BCUT2D eigenvalue weighted by molar-refractivity contribution is 7.17. The lowest BCUT2D eigenvalue weighted by Gasteiger charge is -2.00. The van der Waals surface area contributed by atoms with Crippen LogP contribution in [-0.4, -0.2) is 12.6 Å². The van der Waals surface area contributed by atoms with Gasteiger partial charge in [0, 0.05) is 4.70 Å². The third-order valence-electron chi connectivity index (χ3n) is 3.29. The summed E-state index contributed by atoms with van der Waals surface area (Å²) in [4.78, 5) is 11.6. The summed E-state index contributed by atoms with van der Waals surface area (Å²) in [6.45, 7) is 2.34. The van der Waals surface area contributed by atoms with Crippen molar-refractivity contribution >= 4 is 27.4 Å². The SMILES string of the molecule is CCOC(=O)[C@H]1C[C@H]1c1csc2ccccc12. The highest BCUT2D eigenvalue weighted by Gasteiger charge is 2.46. The van der Waals surface area contributed by atoms with Gasteiger partial charge < -0.3 is 4.74 Å². The maximum Gasteiger partial charge on any atom is 0.309 e. The van der Waals surface area contributed by atoms with Gasteiger partial charge >= 0.3 is 5.97 Å². The van der Waals surface area contributed by atoms with Gasteiger partial charge in [0.15, 0.2) is 0 Å². The molecule has 0 saturated heterocycles. The van der Waals surface area contributed by atoms with Gasteiger partial charge in [-0.15, -0.1) is 11.3 Å². The molecule has 0 amide bonds. The molecule has 0 N–H and O–H groups in total. The van der Waals surface area contributed by atoms with Crippen LogP contribution in [0, 0.1) is 5.92 Å². The van der Waals surface area contributed by atoms with E-state index < -0.39 is 0 Å². The van der Waals surface area contributed by atoms with E-state index in [1.54, 1.807) is 11.3 Å². The zero-order valence-corrected chi connectivity index (χ0v) is 10.5. The first-order valence-corrected chi connectivity index (χ1v) is 6.82. The Hall–Kier alpha value is -1.35. The second kappa shape index (κ2) is 4.15. The number of thiophene rings is 1. The molecule has 0 bridgehead atoms. The maximum absolute atomic E-state index is 11.6. The van der Waals surface area contributed by atoms with E-state index in [1.165, 1.54) is 15.6 Å². The number of carbonyl (C=O) groups is 1. The van der Waals surface area contributed by atoms with E-state index in [4.69, 9.17) is 4.74 Å². The van der Waals surface area contributed by atoms with Crippen molar-refractivity contribution in [1.29, 1.82) is 0 Å². The molecule has 3 heteroatoms. The number of rotatable bonds is 3. The van der Waals surface area contributed by atoms with Gasteiger partial charge in [-0.3, -0.25) is 4.79 Å². The molecule has 0 radical (unpaired) electrons. The van der Waals surface area contributed by atoms with E-state index in [9.17, 15) is 4.79 Å². The Morgan fingerprint density at radius 1 is 1.47 bits per heavy atom. The molecule has 1 fully saturated rings. The molecular weight excluding hydrogens is 232 g/mol. The van der Waals surface area contributed by atoms with Crippen LogP contribution in [0.3, 0.4) is 0 Å². The van der Waals surface area contributed by atoms with Crippen LogP contribution < -0.4 is 0 Å². The number of hydrogen-bond acceptors (Lipinski definition) is 3. The minimum absolute atomic E-state index is 0.0345. The summed E-state index contributed by atoms with van der Waals surface area (Å²) < 4.78 is 6.37. The Labute approximate surface area is 104 Å². The molecule has 1 aromatic heterocycles. The van der Waals surface area contributed by atoms with Gasteiger partial charge in [-0.2, -0.15) is 0 Å². The lowest BCUT2D eigenvalue weighted by atomic mass is 10.1. The van der Waals surface area contributed by atoms with E-state index in [0.29, 0.717) is 12.5 Å². The number of ether oxygens (including phenoxy) is 1. The first kappa shape index (κ1) is 10.8. The van der Waals surface area contributed by atoms with Crippen molar-refractivity contribution < 1.29 is 9.53 Å². The van der Waals surface area contributed by atoms with Crippen LogP contribution in [0.1, 0.15) is 24.8 Å². The normalized spacial score (nSPS) is 22.6. The molecule has 17 heavy (non-hydrogen) atoms. The summed E-state index contributed by atoms with van der Waals surface area (Å²) in [6, 6.07) is 8.38. The molecule has 2 nitrogen and oxygen atoms in total. The van der Waals surface area contributed by atoms with Crippen molar-refractivity contribution in [1.82, 2.24) is 0 Å². The molecule has 1 aromatic carbocycles. The molecule has 0 unspecified atom stereocenters. The van der Waals surface area contributed by atoms with Crippen LogP contribution in [0.15, 0.2) is 29.6 Å². The highest BCUT2D eigenvalue weighted by Crippen LogP contribution is 2.51. The van der Waals surface area contributed by atoms with Crippen molar-refractivity contribution in [3.8, 4) is 0 Å². The first-order chi connectivity index (χ1) is 8.31. The van der Waals surface area contributed by atoms with Gasteiger partial charge in [-0.1, -0.05) is 18.2 Å². The smallest absolute Gasteiger partial charge is 0.309 e. The molecule has 0 spiro atoms. The first-order valence-electron chi connectivity index (χ1n) is 5.94. The van der Waals surface area contributed by atoms with Crippen LogP contribution in [0.2, 0.25) is 0 Å². The third kappa shape index (κ3) is 1.84. The average Bonchev–Trinajstić information content (AvgIpc) is 3.02. The molecule has 1 saturated carbocycles. The molecule has 1 heterocycles. The van der Waals surface area contributed by atoms with Crippen LogP contribution in [0.4, 0.5) is 0 Å². The van der Waals surface area contributed by atoms with Gasteiger partial charge in [-0.25, -0.2) is 0 Å². The second-order valence-electron chi connectivity index (χ2n) is 4.39. The topological polar surface area (TPSA) is 26.3 Å². The predicted octanol–water partition coefficient (Wildman–Crippen LogP) is 3.57. The fourth-order valence-electron chi connectivity index (χ4n) is 2.33. The molecule has 0 aliphatic heterocycles. The average molecular weight is 246 g/mol. The van der Waals surface area contributed by atoms with Crippen molar-refractivity contribution in [2.75, 3.05) is 6.61 Å². The highest BCUT2D eigenvalue weighted by atomic mass is 32.1. The number of fused-ring (bicyclic) bond motifs is 1. The largest absolute Gasteiger partial charge is 0.466 e. The van der Waals surface area contributed by atoms with Gasteiger partial charge in [0.05, 0.1) is 12.5 Å². The number of esters is 1. The van der Waals surface area contributed by atoms with E-state index in [2.05, 4.69) is 29.6 Å². The third-order valence-corrected chi connectivity index (χ3v) is 4.27. The summed E-state index contributed by atoms with van der Waals surface area (Å²) in [7, 11) is 0. The molecule has 3 rings (SSSR count). The number of carbonyl (C=O) groups excluding carboxylic acids is 1. The Balaban J connectivity index is 1.85. The lowest BCUT2D eigenvalue weighted by molar-refractivity contribution is -0.144. The molecule has 2 aromatic rings. The van der Waals surface area contributed by atoms with Crippen molar-refractivity contribution in [3.63, 3.8) is 0 Å². The van der Waals surface area contributed by atoms with Crippen molar-refractivity contribution in [2.24, 2.45) is 5.92 Å². The summed E-state index contributed by atoms with van der Waals surface area (Å²) >= 11 is 1.76. The molecule has 1 aliphatic rings. The monoisotopic (exact) mass is 246 g/mol. The number of benzene rings is 1. The molecule has 2 atom stereocenters. The fraction of sp³-hybridized carbons (Fsp3) is 0.357. The number of hydrogen-bond donors (Lipinski definition) is 0. The van der Waals surface area contributed by atoms with Crippen LogP contribution >= 0.6 is 11.3 Å². The maximum atomic E-state index is 11.6. The standard InChI is InChI=1S/C14H14O2S/c1-2-16-14(15)11-7-10(11)12-8-17-13-6-4-3-5-9(12)13/h3-6,8,10-11H,2,7H2,1H3/t10-,11+/m1/s1.